The van der Waals surface area contributed by atoms with Crippen molar-refractivity contribution in [3.8, 4) is 11.6 Å². The van der Waals surface area contributed by atoms with Crippen molar-refractivity contribution < 1.29 is 4.42 Å². The first-order chi connectivity index (χ1) is 14.3. The van der Waals surface area contributed by atoms with Crippen LogP contribution in [-0.2, 0) is 6.42 Å². The van der Waals surface area contributed by atoms with Crippen molar-refractivity contribution in [2.24, 2.45) is 0 Å². The molecule has 1 aromatic carbocycles. The van der Waals surface area contributed by atoms with E-state index in [1.807, 2.05) is 43.5 Å². The maximum absolute atomic E-state index is 5.72. The van der Waals surface area contributed by atoms with Crippen LogP contribution in [0.4, 0.5) is 11.6 Å². The highest BCUT2D eigenvalue weighted by atomic mass is 16.4. The molecule has 0 bridgehead atoms. The molecule has 0 unspecified atom stereocenters. The lowest BCUT2D eigenvalue weighted by atomic mass is 10.1. The molecule has 1 fully saturated rings. The zero-order valence-corrected chi connectivity index (χ0v) is 16.2. The van der Waals surface area contributed by atoms with Gasteiger partial charge in [-0.2, -0.15) is 0 Å². The summed E-state index contributed by atoms with van der Waals surface area (Å²) >= 11 is 0. The molecule has 0 amide bonds. The molecule has 4 heterocycles. The monoisotopic (exact) mass is 387 g/mol. The van der Waals surface area contributed by atoms with Gasteiger partial charge in [0, 0.05) is 49.6 Å². The highest BCUT2D eigenvalue weighted by Gasteiger charge is 2.23. The first-order valence-corrected chi connectivity index (χ1v) is 9.82. The van der Waals surface area contributed by atoms with Crippen LogP contribution < -0.4 is 9.80 Å². The Kier molecular flexibility index (Phi) is 4.51. The molecule has 4 aromatic rings. The second kappa shape index (κ2) is 7.46. The standard InChI is InChI=1S/C21H21N7O/c1-2-18-23-26-21(29-18)19-15-7-3-4-8-16(15)20(25-24-19)28-13-11-27(12-14-28)17-9-5-6-10-22-17/h3-10H,2,11-14H2,1H3. The molecule has 3 aromatic heterocycles. The molecule has 8 heteroatoms. The summed E-state index contributed by atoms with van der Waals surface area (Å²) in [5.74, 6) is 2.92. The Bertz CT molecular complexity index is 1120. The van der Waals surface area contributed by atoms with E-state index < -0.39 is 0 Å². The van der Waals surface area contributed by atoms with Gasteiger partial charge in [0.15, 0.2) is 11.5 Å². The van der Waals surface area contributed by atoms with Crippen LogP contribution in [0.15, 0.2) is 53.1 Å². The number of nitrogens with zero attached hydrogens (tertiary/aromatic N) is 7. The minimum Gasteiger partial charge on any atom is -0.419 e. The largest absolute Gasteiger partial charge is 0.419 e. The fourth-order valence-corrected chi connectivity index (χ4v) is 3.66. The molecule has 0 N–H and O–H groups in total. The van der Waals surface area contributed by atoms with E-state index in [1.54, 1.807) is 0 Å². The van der Waals surface area contributed by atoms with Gasteiger partial charge in [-0.25, -0.2) is 4.98 Å². The van der Waals surface area contributed by atoms with Crippen LogP contribution in [0, 0.1) is 0 Å². The van der Waals surface area contributed by atoms with Crippen molar-refractivity contribution in [1.82, 2.24) is 25.4 Å². The average Bonchev–Trinajstić information content (AvgIpc) is 3.28. The van der Waals surface area contributed by atoms with E-state index in [4.69, 9.17) is 4.42 Å². The fourth-order valence-electron chi connectivity index (χ4n) is 3.66. The SMILES string of the molecule is CCc1nnc(-c2nnc(N3CCN(c4ccccn4)CC3)c3ccccc23)o1. The molecule has 1 aliphatic rings. The Labute approximate surface area is 168 Å². The van der Waals surface area contributed by atoms with Crippen LogP contribution in [0.25, 0.3) is 22.4 Å². The summed E-state index contributed by atoms with van der Waals surface area (Å²) in [6, 6.07) is 14.1. The van der Waals surface area contributed by atoms with E-state index in [0.717, 1.165) is 48.6 Å². The number of aromatic nitrogens is 5. The summed E-state index contributed by atoms with van der Waals surface area (Å²) in [7, 11) is 0. The van der Waals surface area contributed by atoms with Crippen molar-refractivity contribution >= 4 is 22.4 Å². The lowest BCUT2D eigenvalue weighted by molar-refractivity contribution is 0.511. The quantitative estimate of drug-likeness (QED) is 0.528. The third kappa shape index (κ3) is 3.26. The van der Waals surface area contributed by atoms with Crippen LogP contribution in [0.1, 0.15) is 12.8 Å². The lowest BCUT2D eigenvalue weighted by Gasteiger charge is -2.36. The molecule has 0 radical (unpaired) electrons. The number of aryl methyl sites for hydroxylation is 1. The van der Waals surface area contributed by atoms with Crippen LogP contribution >= 0.6 is 0 Å². The van der Waals surface area contributed by atoms with Crippen LogP contribution in [0.3, 0.4) is 0 Å². The molecule has 8 nitrogen and oxygen atoms in total. The van der Waals surface area contributed by atoms with Gasteiger partial charge in [-0.1, -0.05) is 37.3 Å². The third-order valence-corrected chi connectivity index (χ3v) is 5.19. The molecule has 0 spiro atoms. The van der Waals surface area contributed by atoms with Gasteiger partial charge in [0.2, 0.25) is 5.89 Å². The maximum Gasteiger partial charge on any atom is 0.268 e. The van der Waals surface area contributed by atoms with Gasteiger partial charge < -0.3 is 14.2 Å². The number of anilines is 2. The second-order valence-electron chi connectivity index (χ2n) is 6.93. The number of piperazine rings is 1. The smallest absolute Gasteiger partial charge is 0.268 e. The zero-order valence-electron chi connectivity index (χ0n) is 16.2. The summed E-state index contributed by atoms with van der Waals surface area (Å²) in [4.78, 5) is 9.04. The predicted molar refractivity (Wildman–Crippen MR) is 111 cm³/mol. The second-order valence-corrected chi connectivity index (χ2v) is 6.93. The van der Waals surface area contributed by atoms with E-state index in [-0.39, 0.29) is 0 Å². The summed E-state index contributed by atoms with van der Waals surface area (Å²) in [6.07, 6.45) is 2.53. The Morgan fingerprint density at radius 1 is 0.828 bits per heavy atom. The molecule has 29 heavy (non-hydrogen) atoms. The van der Waals surface area contributed by atoms with Crippen LogP contribution in [0.5, 0.6) is 0 Å². The Morgan fingerprint density at radius 3 is 2.31 bits per heavy atom. The molecule has 146 valence electrons. The third-order valence-electron chi connectivity index (χ3n) is 5.19. The normalized spacial score (nSPS) is 14.5. The van der Waals surface area contributed by atoms with Gasteiger partial charge in [-0.3, -0.25) is 0 Å². The molecule has 0 atom stereocenters. The van der Waals surface area contributed by atoms with E-state index in [0.29, 0.717) is 23.9 Å². The van der Waals surface area contributed by atoms with Crippen molar-refractivity contribution in [3.05, 3.63) is 54.6 Å². The van der Waals surface area contributed by atoms with Crippen molar-refractivity contribution in [2.45, 2.75) is 13.3 Å². The minimum atomic E-state index is 0.414. The topological polar surface area (TPSA) is 84.1 Å². The summed E-state index contributed by atoms with van der Waals surface area (Å²) in [5.41, 5.74) is 0.628. The maximum atomic E-state index is 5.72. The van der Waals surface area contributed by atoms with Crippen molar-refractivity contribution in [1.29, 1.82) is 0 Å². The highest BCUT2D eigenvalue weighted by molar-refractivity contribution is 5.99. The van der Waals surface area contributed by atoms with Crippen LogP contribution in [-0.4, -0.2) is 51.6 Å². The summed E-state index contributed by atoms with van der Waals surface area (Å²) in [5, 5.41) is 19.2. The first-order valence-electron chi connectivity index (χ1n) is 9.82. The minimum absolute atomic E-state index is 0.414. The number of rotatable bonds is 4. The van der Waals surface area contributed by atoms with Gasteiger partial charge in [-0.05, 0) is 12.1 Å². The highest BCUT2D eigenvalue weighted by Crippen LogP contribution is 2.31. The number of hydrogen-bond acceptors (Lipinski definition) is 8. The first kappa shape index (κ1) is 17.5. The Balaban J connectivity index is 1.45. The molecule has 1 saturated heterocycles. The lowest BCUT2D eigenvalue weighted by Crippen LogP contribution is -2.47. The van der Waals surface area contributed by atoms with Gasteiger partial charge in [0.1, 0.15) is 5.82 Å². The zero-order chi connectivity index (χ0) is 19.6. The van der Waals surface area contributed by atoms with Crippen LogP contribution in [0.2, 0.25) is 0 Å². The Morgan fingerprint density at radius 2 is 1.59 bits per heavy atom. The predicted octanol–water partition coefficient (Wildman–Crippen LogP) is 2.96. The number of benzene rings is 1. The average molecular weight is 387 g/mol. The van der Waals surface area contributed by atoms with E-state index >= 15 is 0 Å². The van der Waals surface area contributed by atoms with Crippen molar-refractivity contribution in [3.63, 3.8) is 0 Å². The number of pyridine rings is 1. The molecule has 0 aliphatic carbocycles. The molecular weight excluding hydrogens is 366 g/mol. The molecule has 1 aliphatic heterocycles. The van der Waals surface area contributed by atoms with Gasteiger partial charge >= 0.3 is 0 Å². The molecule has 5 rings (SSSR count). The summed E-state index contributed by atoms with van der Waals surface area (Å²) in [6.45, 7) is 5.47. The van der Waals surface area contributed by atoms with E-state index in [1.165, 1.54) is 0 Å². The molecular formula is C21H21N7O. The number of fused-ring (bicyclic) bond motifs is 1. The van der Waals surface area contributed by atoms with E-state index in [2.05, 4.69) is 47.3 Å². The number of hydrogen-bond donors (Lipinski definition) is 0. The van der Waals surface area contributed by atoms with Gasteiger partial charge in [0.25, 0.3) is 5.89 Å². The van der Waals surface area contributed by atoms with Gasteiger partial charge in [0.05, 0.1) is 0 Å². The molecule has 0 saturated carbocycles. The van der Waals surface area contributed by atoms with Gasteiger partial charge in [-0.15, -0.1) is 20.4 Å². The van der Waals surface area contributed by atoms with E-state index in [9.17, 15) is 0 Å². The fraction of sp³-hybridized carbons (Fsp3) is 0.286. The Hall–Kier alpha value is -3.55. The van der Waals surface area contributed by atoms with Crippen molar-refractivity contribution in [2.75, 3.05) is 36.0 Å². The summed E-state index contributed by atoms with van der Waals surface area (Å²) < 4.78 is 5.72.